The molecule has 1 aromatic rings. The lowest BCUT2D eigenvalue weighted by Gasteiger charge is -2.12. The van der Waals surface area contributed by atoms with Crippen molar-refractivity contribution in [1.29, 1.82) is 0 Å². The Morgan fingerprint density at radius 3 is 3.06 bits per heavy atom. The van der Waals surface area contributed by atoms with Crippen LogP contribution in [0.15, 0.2) is 24.4 Å². The molecule has 1 aromatic heterocycles. The van der Waals surface area contributed by atoms with E-state index in [1.807, 2.05) is 18.2 Å². The van der Waals surface area contributed by atoms with E-state index < -0.39 is 0 Å². The molecule has 0 aromatic carbocycles. The van der Waals surface area contributed by atoms with Crippen LogP contribution in [0.3, 0.4) is 0 Å². The number of aromatic nitrogens is 1. The Balaban J connectivity index is 2.33. The maximum absolute atomic E-state index is 11.4. The van der Waals surface area contributed by atoms with E-state index in [4.69, 9.17) is 6.42 Å². The van der Waals surface area contributed by atoms with Crippen LogP contribution in [0.1, 0.15) is 12.6 Å². The van der Waals surface area contributed by atoms with Crippen LogP contribution in [0, 0.1) is 12.3 Å². The van der Waals surface area contributed by atoms with Crippen molar-refractivity contribution < 1.29 is 4.79 Å². The van der Waals surface area contributed by atoms with Gasteiger partial charge in [0.2, 0.25) is 5.91 Å². The van der Waals surface area contributed by atoms with Crippen LogP contribution in [0.5, 0.6) is 0 Å². The van der Waals surface area contributed by atoms with Crippen molar-refractivity contribution in [3.05, 3.63) is 30.1 Å². The highest BCUT2D eigenvalue weighted by Crippen LogP contribution is 1.93. The van der Waals surface area contributed by atoms with Crippen molar-refractivity contribution in [2.75, 3.05) is 6.54 Å². The summed E-state index contributed by atoms with van der Waals surface area (Å²) in [4.78, 5) is 15.6. The molecule has 4 nitrogen and oxygen atoms in total. The fourth-order valence-corrected chi connectivity index (χ4v) is 1.14. The van der Waals surface area contributed by atoms with Crippen molar-refractivity contribution in [2.24, 2.45) is 0 Å². The van der Waals surface area contributed by atoms with Crippen LogP contribution in [0.25, 0.3) is 0 Å². The van der Waals surface area contributed by atoms with Gasteiger partial charge in [0.1, 0.15) is 0 Å². The number of nitrogens with one attached hydrogen (secondary N) is 2. The Labute approximate surface area is 95.5 Å². The van der Waals surface area contributed by atoms with E-state index in [0.29, 0.717) is 6.54 Å². The number of hydrogen-bond donors (Lipinski definition) is 2. The molecule has 0 aliphatic heterocycles. The van der Waals surface area contributed by atoms with E-state index >= 15 is 0 Å². The lowest BCUT2D eigenvalue weighted by Crippen LogP contribution is -2.42. The SMILES string of the molecule is C#CCNC(=O)C(C)NCc1ccccn1. The molecule has 1 rings (SSSR count). The first-order valence-electron chi connectivity index (χ1n) is 5.08. The van der Waals surface area contributed by atoms with Crippen molar-refractivity contribution in [3.8, 4) is 12.3 Å². The highest BCUT2D eigenvalue weighted by atomic mass is 16.2. The molecule has 84 valence electrons. The second kappa shape index (κ2) is 6.59. The maximum atomic E-state index is 11.4. The third kappa shape index (κ3) is 4.11. The number of hydrogen-bond acceptors (Lipinski definition) is 3. The second-order valence-corrected chi connectivity index (χ2v) is 3.35. The Bertz CT molecular complexity index is 370. The topological polar surface area (TPSA) is 54.0 Å². The van der Waals surface area contributed by atoms with E-state index in [2.05, 4.69) is 21.5 Å². The standard InChI is InChI=1S/C12H15N3O/c1-3-7-14-12(16)10(2)15-9-11-6-4-5-8-13-11/h1,4-6,8,10,15H,7,9H2,2H3,(H,14,16). The molecule has 16 heavy (non-hydrogen) atoms. The first kappa shape index (κ1) is 12.2. The highest BCUT2D eigenvalue weighted by Gasteiger charge is 2.10. The van der Waals surface area contributed by atoms with Crippen molar-refractivity contribution in [3.63, 3.8) is 0 Å². The molecular weight excluding hydrogens is 202 g/mol. The molecule has 1 unspecified atom stereocenters. The van der Waals surface area contributed by atoms with Gasteiger partial charge in [0.15, 0.2) is 0 Å². The van der Waals surface area contributed by atoms with Crippen molar-refractivity contribution in [1.82, 2.24) is 15.6 Å². The molecule has 1 amide bonds. The lowest BCUT2D eigenvalue weighted by molar-refractivity contribution is -0.122. The number of pyridine rings is 1. The number of carbonyl (C=O) groups excluding carboxylic acids is 1. The van der Waals surface area contributed by atoms with Gasteiger partial charge < -0.3 is 10.6 Å². The van der Waals surface area contributed by atoms with Gasteiger partial charge in [-0.1, -0.05) is 12.0 Å². The average molecular weight is 217 g/mol. The largest absolute Gasteiger partial charge is 0.344 e. The van der Waals surface area contributed by atoms with Crippen LogP contribution < -0.4 is 10.6 Å². The minimum atomic E-state index is -0.282. The smallest absolute Gasteiger partial charge is 0.237 e. The third-order valence-electron chi connectivity index (χ3n) is 2.07. The maximum Gasteiger partial charge on any atom is 0.237 e. The van der Waals surface area contributed by atoms with Gasteiger partial charge in [0, 0.05) is 12.7 Å². The monoisotopic (exact) mass is 217 g/mol. The van der Waals surface area contributed by atoms with Gasteiger partial charge in [-0.05, 0) is 19.1 Å². The Morgan fingerprint density at radius 2 is 2.44 bits per heavy atom. The van der Waals surface area contributed by atoms with Crippen molar-refractivity contribution in [2.45, 2.75) is 19.5 Å². The fraction of sp³-hybridized carbons (Fsp3) is 0.333. The normalized spacial score (nSPS) is 11.5. The van der Waals surface area contributed by atoms with Gasteiger partial charge in [0.25, 0.3) is 0 Å². The molecular formula is C12H15N3O. The zero-order chi connectivity index (χ0) is 11.8. The molecule has 0 radical (unpaired) electrons. The first-order valence-corrected chi connectivity index (χ1v) is 5.08. The molecule has 0 saturated heterocycles. The zero-order valence-corrected chi connectivity index (χ0v) is 9.23. The second-order valence-electron chi connectivity index (χ2n) is 3.35. The quantitative estimate of drug-likeness (QED) is 0.698. The minimum Gasteiger partial charge on any atom is -0.344 e. The Hall–Kier alpha value is -1.86. The Kier molecular flexibility index (Phi) is 5.03. The summed E-state index contributed by atoms with van der Waals surface area (Å²) in [6, 6.07) is 5.38. The summed E-state index contributed by atoms with van der Waals surface area (Å²) in [5.41, 5.74) is 0.902. The first-order chi connectivity index (χ1) is 7.74. The Morgan fingerprint density at radius 1 is 1.62 bits per heavy atom. The molecule has 0 spiro atoms. The number of nitrogens with zero attached hydrogens (tertiary/aromatic N) is 1. The summed E-state index contributed by atoms with van der Waals surface area (Å²) in [5.74, 6) is 2.25. The molecule has 0 fully saturated rings. The number of rotatable bonds is 5. The average Bonchev–Trinajstić information content (AvgIpc) is 2.34. The molecule has 0 aliphatic rings. The molecule has 1 heterocycles. The summed E-state index contributed by atoms with van der Waals surface area (Å²) in [6.07, 6.45) is 6.77. The lowest BCUT2D eigenvalue weighted by atomic mass is 10.3. The van der Waals surface area contributed by atoms with E-state index in [9.17, 15) is 4.79 Å². The summed E-state index contributed by atoms with van der Waals surface area (Å²) in [5, 5.41) is 5.67. The van der Waals surface area contributed by atoms with Gasteiger partial charge >= 0.3 is 0 Å². The summed E-state index contributed by atoms with van der Waals surface area (Å²) in [6.45, 7) is 2.61. The van der Waals surface area contributed by atoms with Gasteiger partial charge in [-0.15, -0.1) is 6.42 Å². The summed E-state index contributed by atoms with van der Waals surface area (Å²) < 4.78 is 0. The van der Waals surface area contributed by atoms with Gasteiger partial charge in [-0.2, -0.15) is 0 Å². The van der Waals surface area contributed by atoms with Crippen LogP contribution in [0.2, 0.25) is 0 Å². The molecule has 4 heteroatoms. The van der Waals surface area contributed by atoms with Gasteiger partial charge in [0.05, 0.1) is 18.3 Å². The van der Waals surface area contributed by atoms with Crippen LogP contribution >= 0.6 is 0 Å². The predicted octanol–water partition coefficient (Wildman–Crippen LogP) is 0.309. The van der Waals surface area contributed by atoms with Crippen LogP contribution in [-0.2, 0) is 11.3 Å². The molecule has 2 N–H and O–H groups in total. The highest BCUT2D eigenvalue weighted by molar-refractivity contribution is 5.81. The number of carbonyl (C=O) groups is 1. The van der Waals surface area contributed by atoms with E-state index in [1.165, 1.54) is 0 Å². The van der Waals surface area contributed by atoms with E-state index in [1.54, 1.807) is 13.1 Å². The number of amides is 1. The fourth-order valence-electron chi connectivity index (χ4n) is 1.14. The molecule has 0 bridgehead atoms. The molecule has 0 aliphatic carbocycles. The number of terminal acetylenes is 1. The summed E-state index contributed by atoms with van der Waals surface area (Å²) >= 11 is 0. The third-order valence-corrected chi connectivity index (χ3v) is 2.07. The molecule has 0 saturated carbocycles. The van der Waals surface area contributed by atoms with Crippen LogP contribution in [0.4, 0.5) is 0 Å². The molecule has 1 atom stereocenters. The summed E-state index contributed by atoms with van der Waals surface area (Å²) in [7, 11) is 0. The zero-order valence-electron chi connectivity index (χ0n) is 9.23. The van der Waals surface area contributed by atoms with E-state index in [-0.39, 0.29) is 18.5 Å². The van der Waals surface area contributed by atoms with Crippen molar-refractivity contribution >= 4 is 5.91 Å². The minimum absolute atomic E-state index is 0.103. The van der Waals surface area contributed by atoms with Gasteiger partial charge in [-0.25, -0.2) is 0 Å². The van der Waals surface area contributed by atoms with Crippen LogP contribution in [-0.4, -0.2) is 23.5 Å². The predicted molar refractivity (Wildman–Crippen MR) is 62.4 cm³/mol. The van der Waals surface area contributed by atoms with Gasteiger partial charge in [-0.3, -0.25) is 9.78 Å². The van der Waals surface area contributed by atoms with E-state index in [0.717, 1.165) is 5.69 Å².